The van der Waals surface area contributed by atoms with Crippen LogP contribution in [0, 0.1) is 0 Å². The first-order valence-electron chi connectivity index (χ1n) is 4.41. The third-order valence-electron chi connectivity index (χ3n) is 1.71. The molecule has 0 atom stereocenters. The van der Waals surface area contributed by atoms with Crippen LogP contribution >= 0.6 is 50.9 Å². The van der Waals surface area contributed by atoms with Crippen LogP contribution < -0.4 is 0 Å². The fraction of sp³-hybridized carbons (Fsp3) is 1.00. The normalized spacial score (nSPS) is 7.75. The quantitative estimate of drug-likeness (QED) is 0.480. The molecule has 0 aliphatic heterocycles. The average molecular weight is 387 g/mol. The Bertz CT molecular complexity index is 47.6. The van der Waals surface area contributed by atoms with Crippen LogP contribution in [0.2, 0.25) is 6.04 Å². The lowest BCUT2D eigenvalue weighted by atomic mass is 10.1. The highest BCUT2D eigenvalue weighted by Gasteiger charge is 1.85. The summed E-state index contributed by atoms with van der Waals surface area (Å²) in [4.78, 5) is 0. The molecule has 0 spiro atoms. The molecule has 4 heteroatoms. The van der Waals surface area contributed by atoms with Crippen molar-refractivity contribution in [2.75, 3.05) is 0 Å². The van der Waals surface area contributed by atoms with Crippen LogP contribution in [0.5, 0.6) is 0 Å². The molecule has 0 nitrogen and oxygen atoms in total. The zero-order valence-corrected chi connectivity index (χ0v) is 15.3. The van der Waals surface area contributed by atoms with E-state index >= 15 is 0 Å². The zero-order chi connectivity index (χ0) is 6.95. The molecular formula is C8H23Br3Si. The largest absolute Gasteiger partial charge is 0.114 e. The first-order valence-corrected chi connectivity index (χ1v) is 5.83. The lowest BCUT2D eigenvalue weighted by Gasteiger charge is -1.96. The van der Waals surface area contributed by atoms with Crippen molar-refractivity contribution in [3.05, 3.63) is 0 Å². The van der Waals surface area contributed by atoms with Gasteiger partial charge in [0.25, 0.3) is 0 Å². The monoisotopic (exact) mass is 384 g/mol. The molecule has 0 aromatic heterocycles. The topological polar surface area (TPSA) is 0 Å². The molecule has 0 radical (unpaired) electrons. The summed E-state index contributed by atoms with van der Waals surface area (Å²) < 4.78 is 0. The van der Waals surface area contributed by atoms with E-state index in [2.05, 4.69) is 6.92 Å². The van der Waals surface area contributed by atoms with Crippen LogP contribution in [0.15, 0.2) is 0 Å². The summed E-state index contributed by atoms with van der Waals surface area (Å²) in [7, 11) is 1.41. The maximum absolute atomic E-state index is 2.27. The maximum Gasteiger partial charge on any atom is 0.00279 e. The Kier molecular flexibility index (Phi) is 44.9. The number of unbranched alkanes of at least 4 members (excludes halogenated alkanes) is 5. The highest BCUT2D eigenvalue weighted by Crippen LogP contribution is 2.05. The molecule has 0 saturated carbocycles. The van der Waals surface area contributed by atoms with Crippen molar-refractivity contribution in [2.45, 2.75) is 51.5 Å². The van der Waals surface area contributed by atoms with E-state index in [1.807, 2.05) is 0 Å². The molecule has 12 heavy (non-hydrogen) atoms. The van der Waals surface area contributed by atoms with E-state index in [0.29, 0.717) is 0 Å². The van der Waals surface area contributed by atoms with Crippen LogP contribution in [0.25, 0.3) is 0 Å². The van der Waals surface area contributed by atoms with Gasteiger partial charge in [0.2, 0.25) is 0 Å². The SMILES string of the molecule is Br.Br.Br.CCCCCCCC[SiH3]. The molecule has 0 bridgehead atoms. The summed E-state index contributed by atoms with van der Waals surface area (Å²) in [5.74, 6) is 0. The first kappa shape index (κ1) is 23.5. The molecule has 0 fully saturated rings. The van der Waals surface area contributed by atoms with Gasteiger partial charge in [0, 0.05) is 10.2 Å². The van der Waals surface area contributed by atoms with E-state index in [1.54, 1.807) is 0 Å². The lowest BCUT2D eigenvalue weighted by molar-refractivity contribution is 0.624. The Hall–Kier alpha value is 1.66. The molecule has 0 aliphatic rings. The minimum atomic E-state index is 0. The van der Waals surface area contributed by atoms with Gasteiger partial charge in [-0.2, -0.15) is 0 Å². The standard InChI is InChI=1S/C8H20Si.3BrH/c1-2-3-4-5-6-7-8-9;;;/h2-8H2,1,9H3;3*1H. The molecule has 0 aliphatic carbocycles. The van der Waals surface area contributed by atoms with Gasteiger partial charge in [-0.05, 0) is 0 Å². The molecule has 0 unspecified atom stereocenters. The Morgan fingerprint density at radius 2 is 1.17 bits per heavy atom. The van der Waals surface area contributed by atoms with E-state index in [4.69, 9.17) is 0 Å². The van der Waals surface area contributed by atoms with Gasteiger partial charge in [-0.1, -0.05) is 51.5 Å². The lowest BCUT2D eigenvalue weighted by Crippen LogP contribution is -1.77. The van der Waals surface area contributed by atoms with E-state index in [0.717, 1.165) is 0 Å². The highest BCUT2D eigenvalue weighted by atomic mass is 79.9. The fourth-order valence-corrected chi connectivity index (χ4v) is 1.53. The third-order valence-corrected chi connectivity index (χ3v) is 2.41. The van der Waals surface area contributed by atoms with Crippen LogP contribution in [0.3, 0.4) is 0 Å². The second-order valence-electron chi connectivity index (χ2n) is 2.77. The van der Waals surface area contributed by atoms with Crippen LogP contribution in [0.1, 0.15) is 45.4 Å². The zero-order valence-electron chi connectivity index (χ0n) is 8.17. The fourth-order valence-electron chi connectivity index (χ4n) is 1.03. The van der Waals surface area contributed by atoms with Crippen LogP contribution in [-0.4, -0.2) is 10.2 Å². The van der Waals surface area contributed by atoms with Crippen molar-refractivity contribution in [3.8, 4) is 0 Å². The predicted octanol–water partition coefficient (Wildman–Crippen LogP) is 3.86. The Balaban J connectivity index is -0.000000107. The van der Waals surface area contributed by atoms with E-state index in [9.17, 15) is 0 Å². The molecule has 0 N–H and O–H groups in total. The number of hydrogen-bond acceptors (Lipinski definition) is 0. The average Bonchev–Trinajstić information content (AvgIpc) is 1.89. The van der Waals surface area contributed by atoms with E-state index in [1.165, 1.54) is 54.8 Å². The summed E-state index contributed by atoms with van der Waals surface area (Å²) in [6.45, 7) is 2.27. The van der Waals surface area contributed by atoms with Crippen molar-refractivity contribution >= 4 is 61.2 Å². The van der Waals surface area contributed by atoms with Gasteiger partial charge in [0.15, 0.2) is 0 Å². The van der Waals surface area contributed by atoms with Crippen LogP contribution in [0.4, 0.5) is 0 Å². The van der Waals surface area contributed by atoms with E-state index < -0.39 is 0 Å². The van der Waals surface area contributed by atoms with Crippen molar-refractivity contribution in [1.29, 1.82) is 0 Å². The Morgan fingerprint density at radius 1 is 0.750 bits per heavy atom. The van der Waals surface area contributed by atoms with Crippen molar-refractivity contribution in [3.63, 3.8) is 0 Å². The first-order chi connectivity index (χ1) is 4.41. The summed E-state index contributed by atoms with van der Waals surface area (Å²) >= 11 is 0. The van der Waals surface area contributed by atoms with Crippen molar-refractivity contribution < 1.29 is 0 Å². The molecule has 0 amide bonds. The van der Waals surface area contributed by atoms with Gasteiger partial charge < -0.3 is 0 Å². The maximum atomic E-state index is 2.27. The van der Waals surface area contributed by atoms with Crippen LogP contribution in [-0.2, 0) is 0 Å². The molecular weight excluding hydrogens is 364 g/mol. The van der Waals surface area contributed by atoms with Gasteiger partial charge >= 0.3 is 0 Å². The number of rotatable bonds is 6. The summed E-state index contributed by atoms with van der Waals surface area (Å²) in [5.41, 5.74) is 0. The molecule has 0 rings (SSSR count). The highest BCUT2D eigenvalue weighted by molar-refractivity contribution is 8.93. The van der Waals surface area contributed by atoms with Gasteiger partial charge in [-0.15, -0.1) is 50.9 Å². The number of hydrogen-bond donors (Lipinski definition) is 0. The van der Waals surface area contributed by atoms with Gasteiger partial charge in [0.05, 0.1) is 0 Å². The number of halogens is 3. The second-order valence-corrected chi connectivity index (χ2v) is 3.77. The molecule has 0 aromatic carbocycles. The summed E-state index contributed by atoms with van der Waals surface area (Å²) in [6, 6.07) is 1.51. The molecule has 0 aromatic rings. The Labute approximate surface area is 112 Å². The minimum absolute atomic E-state index is 0. The Morgan fingerprint density at radius 3 is 1.58 bits per heavy atom. The van der Waals surface area contributed by atoms with Gasteiger partial charge in [0.1, 0.15) is 0 Å². The van der Waals surface area contributed by atoms with E-state index in [-0.39, 0.29) is 50.9 Å². The molecule has 0 saturated heterocycles. The smallest absolute Gasteiger partial charge is 0.00279 e. The second kappa shape index (κ2) is 22.9. The molecule has 0 heterocycles. The third kappa shape index (κ3) is 22.6. The van der Waals surface area contributed by atoms with Crippen molar-refractivity contribution in [2.24, 2.45) is 0 Å². The summed E-state index contributed by atoms with van der Waals surface area (Å²) in [6.07, 6.45) is 8.76. The molecule has 80 valence electrons. The summed E-state index contributed by atoms with van der Waals surface area (Å²) in [5, 5.41) is 0. The predicted molar refractivity (Wildman–Crippen MR) is 79.1 cm³/mol. The minimum Gasteiger partial charge on any atom is -0.114 e. The van der Waals surface area contributed by atoms with Gasteiger partial charge in [-0.3, -0.25) is 0 Å². The van der Waals surface area contributed by atoms with Gasteiger partial charge in [-0.25, -0.2) is 0 Å². The van der Waals surface area contributed by atoms with Crippen molar-refractivity contribution in [1.82, 2.24) is 0 Å².